The molecule has 3 saturated carbocycles. The fraction of sp³-hybridized carbons (Fsp3) is 0.867. The molecule has 1 aliphatic heterocycles. The van der Waals surface area contributed by atoms with Crippen molar-refractivity contribution in [2.24, 2.45) is 45.3 Å². The maximum absolute atomic E-state index is 10.9. The van der Waals surface area contributed by atoms with Gasteiger partial charge in [0.2, 0.25) is 0 Å². The molecule has 5 rings (SSSR count). The zero-order chi connectivity index (χ0) is 24.0. The summed E-state index contributed by atoms with van der Waals surface area (Å²) in [7, 11) is 0. The lowest BCUT2D eigenvalue weighted by molar-refractivity contribution is -0.169. The number of ether oxygens (including phenoxy) is 1. The van der Waals surface area contributed by atoms with Crippen molar-refractivity contribution in [3.63, 3.8) is 0 Å². The van der Waals surface area contributed by atoms with E-state index in [1.807, 2.05) is 6.08 Å². The van der Waals surface area contributed by atoms with E-state index in [9.17, 15) is 10.2 Å². The summed E-state index contributed by atoms with van der Waals surface area (Å²) in [6.45, 7) is 17.0. The zero-order valence-electron chi connectivity index (χ0n) is 22.2. The molecule has 10 atom stereocenters. The van der Waals surface area contributed by atoms with E-state index in [0.29, 0.717) is 29.1 Å². The SMILES string of the molecule is CC(C)=C[C@H](O)C[C@@H](C)[C@H]1CC[C@@]2(C)[C@@H]3C=C[C@]45OC[C@]3(CC[C@]12C)[C@@H]4CC[C@H](O)C5(C)C. The molecule has 1 heterocycles. The maximum Gasteiger partial charge on any atom is 0.0972 e. The Bertz CT molecular complexity index is 855. The molecule has 2 bridgehead atoms. The minimum Gasteiger partial charge on any atom is -0.392 e. The predicted octanol–water partition coefficient (Wildman–Crippen LogP) is 6.29. The molecule has 5 aliphatic rings. The van der Waals surface area contributed by atoms with Gasteiger partial charge >= 0.3 is 0 Å². The fourth-order valence-corrected chi connectivity index (χ4v) is 10.2. The lowest BCUT2D eigenvalue weighted by Gasteiger charge is -2.65. The van der Waals surface area contributed by atoms with Crippen molar-refractivity contribution in [2.75, 3.05) is 6.61 Å². The molecule has 3 nitrogen and oxygen atoms in total. The maximum atomic E-state index is 10.9. The molecule has 33 heavy (non-hydrogen) atoms. The van der Waals surface area contributed by atoms with Gasteiger partial charge < -0.3 is 14.9 Å². The molecule has 2 N–H and O–H groups in total. The summed E-state index contributed by atoms with van der Waals surface area (Å²) in [5.74, 6) is 2.25. The van der Waals surface area contributed by atoms with Crippen molar-refractivity contribution in [3.8, 4) is 0 Å². The van der Waals surface area contributed by atoms with Crippen molar-refractivity contribution in [1.82, 2.24) is 0 Å². The minimum absolute atomic E-state index is 0.222. The Labute approximate surface area is 202 Å². The molecular formula is C30H48O3. The third kappa shape index (κ3) is 2.91. The second-order valence-corrected chi connectivity index (χ2v) is 14.0. The van der Waals surface area contributed by atoms with Gasteiger partial charge in [0, 0.05) is 16.7 Å². The van der Waals surface area contributed by atoms with Crippen LogP contribution < -0.4 is 0 Å². The average Bonchev–Trinajstić information content (AvgIpc) is 3.11. The van der Waals surface area contributed by atoms with Gasteiger partial charge in [0.05, 0.1) is 24.4 Å². The van der Waals surface area contributed by atoms with Gasteiger partial charge in [0.15, 0.2) is 0 Å². The molecule has 0 aromatic heterocycles. The van der Waals surface area contributed by atoms with Crippen LogP contribution in [0.2, 0.25) is 0 Å². The quantitative estimate of drug-likeness (QED) is 0.488. The van der Waals surface area contributed by atoms with Crippen LogP contribution in [-0.2, 0) is 4.74 Å². The molecule has 0 radical (unpaired) electrons. The number of allylic oxidation sites excluding steroid dienone is 2. The standard InChI is InChI=1S/C30H48O3/c1-19(2)16-21(31)17-20(3)22-10-12-28(7)23-11-13-30-24(8-9-25(32)26(30,4)5)29(23,18-33-30)15-14-27(22,28)6/h11,13,16,20-25,31-32H,8-10,12,14-15,17-18H2,1-7H3/t20-,21+,22-,23+,24+,25+,27-,28+,29+,30+/m1/s1. The second-order valence-electron chi connectivity index (χ2n) is 14.0. The molecule has 0 amide bonds. The predicted molar refractivity (Wildman–Crippen MR) is 134 cm³/mol. The summed E-state index contributed by atoms with van der Waals surface area (Å²) in [5, 5.41) is 21.6. The summed E-state index contributed by atoms with van der Waals surface area (Å²) in [4.78, 5) is 0. The Morgan fingerprint density at radius 3 is 2.48 bits per heavy atom. The van der Waals surface area contributed by atoms with Gasteiger partial charge in [-0.3, -0.25) is 0 Å². The first kappa shape index (κ1) is 24.1. The van der Waals surface area contributed by atoms with E-state index in [-0.39, 0.29) is 34.1 Å². The molecular weight excluding hydrogens is 408 g/mol. The second kappa shape index (κ2) is 7.43. The van der Waals surface area contributed by atoms with Crippen LogP contribution in [0.5, 0.6) is 0 Å². The minimum atomic E-state index is -0.329. The van der Waals surface area contributed by atoms with Crippen LogP contribution >= 0.6 is 0 Å². The van der Waals surface area contributed by atoms with E-state index in [0.717, 1.165) is 25.9 Å². The number of fused-ring (bicyclic) bond motifs is 2. The largest absolute Gasteiger partial charge is 0.392 e. The highest BCUT2D eigenvalue weighted by Crippen LogP contribution is 2.77. The molecule has 1 saturated heterocycles. The Morgan fingerprint density at radius 2 is 1.79 bits per heavy atom. The van der Waals surface area contributed by atoms with Gasteiger partial charge in [-0.15, -0.1) is 0 Å². The van der Waals surface area contributed by atoms with Gasteiger partial charge in [-0.05, 0) is 87.4 Å². The van der Waals surface area contributed by atoms with Gasteiger partial charge in [0.1, 0.15) is 0 Å². The van der Waals surface area contributed by atoms with Crippen LogP contribution in [0.25, 0.3) is 0 Å². The lowest BCUT2D eigenvalue weighted by atomic mass is 9.38. The van der Waals surface area contributed by atoms with Crippen LogP contribution in [0.3, 0.4) is 0 Å². The normalized spacial score (nSPS) is 51.3. The van der Waals surface area contributed by atoms with E-state index in [1.165, 1.54) is 31.3 Å². The Hall–Kier alpha value is -0.640. The Balaban J connectivity index is 1.48. The highest BCUT2D eigenvalue weighted by atomic mass is 16.5. The first-order valence-corrected chi connectivity index (χ1v) is 13.7. The van der Waals surface area contributed by atoms with Crippen LogP contribution in [0.15, 0.2) is 23.8 Å². The van der Waals surface area contributed by atoms with Crippen molar-refractivity contribution >= 4 is 0 Å². The van der Waals surface area contributed by atoms with Crippen molar-refractivity contribution < 1.29 is 14.9 Å². The van der Waals surface area contributed by atoms with Crippen LogP contribution in [0.4, 0.5) is 0 Å². The molecule has 0 aromatic carbocycles. The molecule has 3 heteroatoms. The zero-order valence-corrected chi connectivity index (χ0v) is 22.2. The number of aliphatic hydroxyl groups is 2. The summed E-state index contributed by atoms with van der Waals surface area (Å²) in [5.41, 5.74) is 1.45. The van der Waals surface area contributed by atoms with Crippen molar-refractivity contribution in [2.45, 2.75) is 111 Å². The monoisotopic (exact) mass is 456 g/mol. The summed E-state index contributed by atoms with van der Waals surface area (Å²) in [6, 6.07) is 0. The van der Waals surface area contributed by atoms with Crippen molar-refractivity contribution in [1.29, 1.82) is 0 Å². The molecule has 0 unspecified atom stereocenters. The average molecular weight is 457 g/mol. The molecule has 0 aromatic rings. The fourth-order valence-electron chi connectivity index (χ4n) is 10.2. The van der Waals surface area contributed by atoms with E-state index in [4.69, 9.17) is 4.74 Å². The number of hydrogen-bond donors (Lipinski definition) is 2. The van der Waals surface area contributed by atoms with Crippen molar-refractivity contribution in [3.05, 3.63) is 23.8 Å². The third-order valence-corrected chi connectivity index (χ3v) is 12.2. The van der Waals surface area contributed by atoms with Gasteiger partial charge in [-0.2, -0.15) is 0 Å². The van der Waals surface area contributed by atoms with Gasteiger partial charge in [-0.1, -0.05) is 58.4 Å². The summed E-state index contributed by atoms with van der Waals surface area (Å²) < 4.78 is 6.82. The smallest absolute Gasteiger partial charge is 0.0972 e. The summed E-state index contributed by atoms with van der Waals surface area (Å²) in [6.07, 6.45) is 14.3. The number of aliphatic hydroxyl groups excluding tert-OH is 2. The molecule has 4 fully saturated rings. The van der Waals surface area contributed by atoms with E-state index in [2.05, 4.69) is 60.6 Å². The Morgan fingerprint density at radius 1 is 1.06 bits per heavy atom. The first-order valence-electron chi connectivity index (χ1n) is 13.7. The topological polar surface area (TPSA) is 49.7 Å². The molecule has 1 spiro atoms. The number of hydrogen-bond acceptors (Lipinski definition) is 3. The Kier molecular flexibility index (Phi) is 5.42. The molecule has 186 valence electrons. The number of rotatable bonds is 4. The van der Waals surface area contributed by atoms with Crippen LogP contribution in [0.1, 0.15) is 93.4 Å². The highest BCUT2D eigenvalue weighted by molar-refractivity contribution is 5.33. The van der Waals surface area contributed by atoms with Gasteiger partial charge in [0.25, 0.3) is 0 Å². The van der Waals surface area contributed by atoms with Crippen LogP contribution in [0, 0.1) is 45.3 Å². The lowest BCUT2D eigenvalue weighted by Crippen LogP contribution is -2.64. The third-order valence-electron chi connectivity index (χ3n) is 12.2. The van der Waals surface area contributed by atoms with Crippen LogP contribution in [-0.4, -0.2) is 34.6 Å². The highest BCUT2D eigenvalue weighted by Gasteiger charge is 2.75. The van der Waals surface area contributed by atoms with Gasteiger partial charge in [-0.25, -0.2) is 0 Å². The first-order chi connectivity index (χ1) is 15.3. The summed E-state index contributed by atoms with van der Waals surface area (Å²) >= 11 is 0. The van der Waals surface area contributed by atoms with E-state index >= 15 is 0 Å². The van der Waals surface area contributed by atoms with E-state index < -0.39 is 0 Å². The van der Waals surface area contributed by atoms with E-state index in [1.54, 1.807) is 0 Å². The molecule has 4 aliphatic carbocycles.